The fourth-order valence-electron chi connectivity index (χ4n) is 0.223. The normalized spacial score (nSPS) is 6.78. The molecule has 8 N–H and O–H groups in total. The number of hydrogen-bond donors (Lipinski definition) is 4. The number of nitriles is 1. The molecule has 10 nitrogen and oxygen atoms in total. The molecule has 0 aliphatic carbocycles. The van der Waals surface area contributed by atoms with Crippen LogP contribution in [0.3, 0.4) is 0 Å². The third-order valence-corrected chi connectivity index (χ3v) is 0.637. The maximum Gasteiger partial charge on any atom is 0.249 e. The maximum absolute atomic E-state index is 8.44. The highest BCUT2D eigenvalue weighted by Gasteiger charge is 1.69. The molecular formula is C8H19N3O7. The smallest absolute Gasteiger partial charge is 0.249 e. The van der Waals surface area contributed by atoms with E-state index in [1.54, 1.807) is 7.11 Å². The third kappa shape index (κ3) is 635. The molecule has 0 saturated heterocycles. The first-order valence-electron chi connectivity index (χ1n) is 4.54. The summed E-state index contributed by atoms with van der Waals surface area (Å²) < 4.78 is 4.63. The van der Waals surface area contributed by atoms with E-state index in [0.29, 0.717) is 6.42 Å². The molecule has 0 spiro atoms. The zero-order valence-electron chi connectivity index (χ0n) is 10.1. The Hall–Kier alpha value is -2.09. The lowest BCUT2D eigenvalue weighted by molar-refractivity contribution is -0.373. The van der Waals surface area contributed by atoms with Gasteiger partial charge in [0.1, 0.15) is 0 Å². The summed E-state index contributed by atoms with van der Waals surface area (Å²) in [6.45, 7) is 2.38. The van der Waals surface area contributed by atoms with Gasteiger partial charge < -0.3 is 46.2 Å². The molecule has 0 aromatic rings. The third-order valence-electron chi connectivity index (χ3n) is 0.637. The van der Waals surface area contributed by atoms with Crippen molar-refractivity contribution < 1.29 is 46.2 Å². The Kier molecular flexibility index (Phi) is 40.7. The van der Waals surface area contributed by atoms with Gasteiger partial charge in [0.05, 0.1) is 32.2 Å². The molecular weight excluding hydrogens is 250 g/mol. The van der Waals surface area contributed by atoms with E-state index in [0.717, 1.165) is 19.7 Å². The van der Waals surface area contributed by atoms with Gasteiger partial charge in [0.25, 0.3) is 0 Å². The van der Waals surface area contributed by atoms with Gasteiger partial charge in [-0.3, -0.25) is 0 Å². The van der Waals surface area contributed by atoms with Crippen molar-refractivity contribution in [1.29, 1.82) is 5.26 Å². The van der Waals surface area contributed by atoms with Crippen LogP contribution < -0.4 is 21.7 Å². The molecule has 0 heterocycles. The Morgan fingerprint density at radius 1 is 1.22 bits per heavy atom. The Balaban J connectivity index is -0.0000000731. The lowest BCUT2D eigenvalue weighted by Crippen LogP contribution is -2.52. The summed E-state index contributed by atoms with van der Waals surface area (Å²) >= 11 is 0. The van der Waals surface area contributed by atoms with Crippen molar-refractivity contribution in [3.8, 4) is 6.07 Å². The highest BCUT2D eigenvalue weighted by atomic mass is 16.6. The molecule has 0 atom stereocenters. The molecule has 0 fully saturated rings. The standard InChI is InChI=1S/C3H6N2.C3H9NO.2CH2O3/c4-2-1-3-5;1-5-3-2-4;2*2-1(3)4/h1-2,4H2;2-4H2,1H3;2*(H2,2,3,4). The van der Waals surface area contributed by atoms with Crippen molar-refractivity contribution in [2.75, 3.05) is 26.8 Å². The van der Waals surface area contributed by atoms with Crippen molar-refractivity contribution in [3.63, 3.8) is 0 Å². The summed E-state index contributed by atoms with van der Waals surface area (Å²) in [4.78, 5) is 16.9. The summed E-state index contributed by atoms with van der Waals surface area (Å²) in [6.07, 6.45) is -3.58. The predicted octanol–water partition coefficient (Wildman–Crippen LogP) is -4.21. The first kappa shape index (κ1) is 24.9. The minimum absolute atomic E-state index is 0.583. The number of carboxylic acid groups (broad SMARTS) is 4. The molecule has 0 aromatic carbocycles. The lowest BCUT2D eigenvalue weighted by atomic mass is 10.5. The second-order valence-corrected chi connectivity index (χ2v) is 2.14. The van der Waals surface area contributed by atoms with Crippen LogP contribution >= 0.6 is 0 Å². The molecule has 108 valence electrons. The number of nitrogens with zero attached hydrogens (tertiary/aromatic N) is 1. The Bertz CT molecular complexity index is 195. The topological polar surface area (TPSA) is 209 Å². The van der Waals surface area contributed by atoms with Crippen molar-refractivity contribution >= 4 is 12.3 Å². The van der Waals surface area contributed by atoms with E-state index in [2.05, 4.69) is 16.2 Å². The Morgan fingerprint density at radius 2 is 1.56 bits per heavy atom. The molecule has 10 heteroatoms. The maximum atomic E-state index is 8.44. The number of ether oxygens (including phenoxy) is 1. The van der Waals surface area contributed by atoms with Gasteiger partial charge in [-0.05, 0) is 0 Å². The molecule has 0 unspecified atom stereocenters. The minimum atomic E-state index is -2.08. The molecule has 0 aromatic heterocycles. The van der Waals surface area contributed by atoms with Crippen molar-refractivity contribution in [1.82, 2.24) is 0 Å². The molecule has 0 saturated carbocycles. The number of quaternary nitrogens is 2. The summed E-state index contributed by atoms with van der Waals surface area (Å²) in [6, 6.07) is 1.95. The van der Waals surface area contributed by atoms with Crippen LogP contribution in [0.15, 0.2) is 0 Å². The van der Waals surface area contributed by atoms with Crippen LogP contribution in [0, 0.1) is 11.3 Å². The van der Waals surface area contributed by atoms with Gasteiger partial charge >= 0.3 is 0 Å². The van der Waals surface area contributed by atoms with Gasteiger partial charge in [-0.1, -0.05) is 0 Å². The number of methoxy groups -OCH3 is 1. The summed E-state index contributed by atoms with van der Waals surface area (Å²) in [5.41, 5.74) is 7.00. The molecule has 0 aliphatic rings. The largest absolute Gasteiger partial charge is 0.565 e. The highest BCUT2D eigenvalue weighted by molar-refractivity contribution is 5.50. The van der Waals surface area contributed by atoms with Crippen LogP contribution in [0.5, 0.6) is 0 Å². The zero-order valence-corrected chi connectivity index (χ0v) is 10.1. The first-order valence-corrected chi connectivity index (χ1v) is 4.54. The molecule has 18 heavy (non-hydrogen) atoms. The van der Waals surface area contributed by atoms with Crippen molar-refractivity contribution in [3.05, 3.63) is 0 Å². The Morgan fingerprint density at radius 3 is 1.56 bits per heavy atom. The van der Waals surface area contributed by atoms with Crippen LogP contribution in [-0.4, -0.2) is 49.3 Å². The van der Waals surface area contributed by atoms with Gasteiger partial charge in [0, 0.05) is 7.11 Å². The van der Waals surface area contributed by atoms with E-state index >= 15 is 0 Å². The van der Waals surface area contributed by atoms with Crippen molar-refractivity contribution in [2.24, 2.45) is 0 Å². The second kappa shape index (κ2) is 29.4. The average molecular weight is 269 g/mol. The SMILES string of the molecule is COCC[NH3+].N#CCC[NH3+].O=C([O-])O.O=C([O-])O. The van der Waals surface area contributed by atoms with Gasteiger partial charge in [-0.25, -0.2) is 0 Å². The summed E-state index contributed by atoms with van der Waals surface area (Å²) in [5, 5.41) is 38.4. The quantitative estimate of drug-likeness (QED) is 0.393. The molecule has 0 aliphatic heterocycles. The van der Waals surface area contributed by atoms with E-state index in [1.807, 2.05) is 6.07 Å². The molecule has 0 amide bonds. The summed E-state index contributed by atoms with van der Waals surface area (Å²) in [7, 11) is 1.67. The van der Waals surface area contributed by atoms with E-state index in [-0.39, 0.29) is 0 Å². The van der Waals surface area contributed by atoms with Gasteiger partial charge in [0.15, 0.2) is 0 Å². The fraction of sp³-hybridized carbons (Fsp3) is 0.625. The minimum Gasteiger partial charge on any atom is -0.565 e. The predicted molar refractivity (Wildman–Crippen MR) is 53.7 cm³/mol. The van der Waals surface area contributed by atoms with Crippen LogP contribution in [0.2, 0.25) is 0 Å². The van der Waals surface area contributed by atoms with Gasteiger partial charge in [0.2, 0.25) is 12.3 Å². The Labute approximate surface area is 104 Å². The van der Waals surface area contributed by atoms with E-state index in [9.17, 15) is 0 Å². The van der Waals surface area contributed by atoms with E-state index in [4.69, 9.17) is 35.3 Å². The second-order valence-electron chi connectivity index (χ2n) is 2.14. The monoisotopic (exact) mass is 269 g/mol. The van der Waals surface area contributed by atoms with Crippen LogP contribution in [0.1, 0.15) is 6.42 Å². The van der Waals surface area contributed by atoms with Crippen LogP contribution in [-0.2, 0) is 4.74 Å². The average Bonchev–Trinajstić information content (AvgIpc) is 2.19. The number of carbonyl (C=O) groups is 2. The molecule has 0 bridgehead atoms. The van der Waals surface area contributed by atoms with Crippen molar-refractivity contribution in [2.45, 2.75) is 6.42 Å². The summed E-state index contributed by atoms with van der Waals surface area (Å²) in [5.74, 6) is 0. The molecule has 0 rings (SSSR count). The van der Waals surface area contributed by atoms with Gasteiger partial charge in [-0.15, -0.1) is 0 Å². The fourth-order valence-corrected chi connectivity index (χ4v) is 0.223. The number of rotatable bonds is 3. The first-order chi connectivity index (χ1) is 8.29. The number of hydrogen-bond acceptors (Lipinski definition) is 6. The van der Waals surface area contributed by atoms with Crippen LogP contribution in [0.25, 0.3) is 0 Å². The van der Waals surface area contributed by atoms with Crippen LogP contribution in [0.4, 0.5) is 9.59 Å². The molecule has 0 radical (unpaired) electrons. The van der Waals surface area contributed by atoms with E-state index < -0.39 is 12.3 Å². The van der Waals surface area contributed by atoms with Gasteiger partial charge in [-0.2, -0.15) is 5.26 Å². The zero-order chi connectivity index (χ0) is 15.4. The van der Waals surface area contributed by atoms with E-state index in [1.165, 1.54) is 0 Å². The highest BCUT2D eigenvalue weighted by Crippen LogP contribution is 1.56. The lowest BCUT2D eigenvalue weighted by Gasteiger charge is -1.82.